The Kier molecular flexibility index (Phi) is 8.68. The second kappa shape index (κ2) is 10.1. The van der Waals surface area contributed by atoms with E-state index in [0.717, 1.165) is 17.2 Å². The van der Waals surface area contributed by atoms with Crippen molar-refractivity contribution in [1.82, 2.24) is 5.32 Å². The summed E-state index contributed by atoms with van der Waals surface area (Å²) in [4.78, 5) is 4.04. The maximum atomic E-state index is 14.2. The molecule has 0 saturated heterocycles. The van der Waals surface area contributed by atoms with Crippen molar-refractivity contribution < 1.29 is 13.2 Å². The molecule has 0 aromatic heterocycles. The molecular formula is C23H33F3N2. The number of aliphatic imine (C=N–C) groups is 1. The lowest BCUT2D eigenvalue weighted by atomic mass is 10.00. The largest absolute Gasteiger partial charge is 0.313 e. The molecule has 1 aromatic rings. The van der Waals surface area contributed by atoms with Crippen molar-refractivity contribution in [2.75, 3.05) is 6.54 Å². The van der Waals surface area contributed by atoms with E-state index in [1.165, 1.54) is 13.8 Å². The van der Waals surface area contributed by atoms with Gasteiger partial charge in [0.15, 0.2) is 0 Å². The molecule has 0 saturated carbocycles. The van der Waals surface area contributed by atoms with Crippen LogP contribution in [0.15, 0.2) is 42.4 Å². The topological polar surface area (TPSA) is 24.4 Å². The minimum Gasteiger partial charge on any atom is -0.313 e. The van der Waals surface area contributed by atoms with Crippen LogP contribution in [0.3, 0.4) is 0 Å². The second-order valence-electron chi connectivity index (χ2n) is 7.76. The molecule has 156 valence electrons. The van der Waals surface area contributed by atoms with Gasteiger partial charge in [-0.25, -0.2) is 9.38 Å². The molecule has 0 aliphatic carbocycles. The van der Waals surface area contributed by atoms with Crippen molar-refractivity contribution in [3.8, 4) is 0 Å². The van der Waals surface area contributed by atoms with E-state index in [1.807, 2.05) is 32.0 Å². The van der Waals surface area contributed by atoms with Crippen molar-refractivity contribution in [2.24, 2.45) is 10.9 Å². The summed E-state index contributed by atoms with van der Waals surface area (Å²) in [6.45, 7) is 16.8. The Balaban J connectivity index is 2.84. The number of aryl methyl sites for hydroxylation is 1. The highest BCUT2D eigenvalue weighted by molar-refractivity contribution is 6.03. The van der Waals surface area contributed by atoms with Crippen LogP contribution < -0.4 is 5.32 Å². The fourth-order valence-electron chi connectivity index (χ4n) is 2.58. The van der Waals surface area contributed by atoms with Gasteiger partial charge >= 0.3 is 0 Å². The Hall–Kier alpha value is -1.88. The van der Waals surface area contributed by atoms with Gasteiger partial charge in [0.05, 0.1) is 5.70 Å². The maximum Gasteiger partial charge on any atom is 0.291 e. The third-order valence-electron chi connectivity index (χ3n) is 5.07. The molecule has 0 radical (unpaired) electrons. The molecule has 1 unspecified atom stereocenters. The third-order valence-corrected chi connectivity index (χ3v) is 5.07. The number of hydrogen-bond donors (Lipinski definition) is 1. The molecule has 0 bridgehead atoms. The van der Waals surface area contributed by atoms with Crippen LogP contribution in [-0.2, 0) is 6.54 Å². The summed E-state index contributed by atoms with van der Waals surface area (Å²) in [5.41, 5.74) is 1.49. The highest BCUT2D eigenvalue weighted by Crippen LogP contribution is 2.29. The van der Waals surface area contributed by atoms with Crippen LogP contribution in [0.4, 0.5) is 13.2 Å². The molecule has 28 heavy (non-hydrogen) atoms. The molecule has 5 heteroatoms. The molecule has 0 aliphatic rings. The number of halogens is 3. The van der Waals surface area contributed by atoms with Crippen LogP contribution in [0.1, 0.15) is 57.2 Å². The molecule has 0 amide bonds. The minimum atomic E-state index is -3.06. The molecule has 0 fully saturated rings. The van der Waals surface area contributed by atoms with Gasteiger partial charge in [-0.3, -0.25) is 0 Å². The quantitative estimate of drug-likeness (QED) is 0.336. The average molecular weight is 395 g/mol. The van der Waals surface area contributed by atoms with Gasteiger partial charge in [0.25, 0.3) is 5.92 Å². The van der Waals surface area contributed by atoms with Crippen LogP contribution >= 0.6 is 0 Å². The van der Waals surface area contributed by atoms with Crippen LogP contribution in [0.2, 0.25) is 0 Å². The molecule has 1 atom stereocenters. The minimum absolute atomic E-state index is 0.272. The van der Waals surface area contributed by atoms with Crippen molar-refractivity contribution in [1.29, 1.82) is 0 Å². The normalized spacial score (nSPS) is 14.8. The smallest absolute Gasteiger partial charge is 0.291 e. The molecule has 1 rings (SSSR count). The first-order valence-electron chi connectivity index (χ1n) is 9.72. The second-order valence-corrected chi connectivity index (χ2v) is 7.76. The Morgan fingerprint density at radius 1 is 1.29 bits per heavy atom. The highest BCUT2D eigenvalue weighted by atomic mass is 19.3. The van der Waals surface area contributed by atoms with E-state index in [9.17, 15) is 13.2 Å². The summed E-state index contributed by atoms with van der Waals surface area (Å²) in [6.07, 6.45) is 2.04. The average Bonchev–Trinajstić information content (AvgIpc) is 2.63. The first kappa shape index (κ1) is 24.2. The molecular weight excluding hydrogens is 361 g/mol. The Morgan fingerprint density at radius 2 is 1.93 bits per heavy atom. The van der Waals surface area contributed by atoms with E-state index in [4.69, 9.17) is 0 Å². The number of benzene rings is 1. The Morgan fingerprint density at radius 3 is 2.43 bits per heavy atom. The lowest BCUT2D eigenvalue weighted by Gasteiger charge is -2.21. The van der Waals surface area contributed by atoms with Crippen LogP contribution in [0, 0.1) is 12.8 Å². The van der Waals surface area contributed by atoms with Crippen LogP contribution in [0.5, 0.6) is 0 Å². The van der Waals surface area contributed by atoms with E-state index >= 15 is 0 Å². The molecule has 2 nitrogen and oxygen atoms in total. The monoisotopic (exact) mass is 394 g/mol. The van der Waals surface area contributed by atoms with Gasteiger partial charge in [-0.05, 0) is 62.1 Å². The van der Waals surface area contributed by atoms with Gasteiger partial charge < -0.3 is 5.32 Å². The number of rotatable bonds is 11. The van der Waals surface area contributed by atoms with Gasteiger partial charge in [-0.1, -0.05) is 46.1 Å². The summed E-state index contributed by atoms with van der Waals surface area (Å²) in [7, 11) is 0. The number of alkyl halides is 3. The van der Waals surface area contributed by atoms with Crippen molar-refractivity contribution in [3.05, 3.63) is 54.1 Å². The van der Waals surface area contributed by atoms with E-state index in [-0.39, 0.29) is 11.4 Å². The molecule has 0 aliphatic heterocycles. The lowest BCUT2D eigenvalue weighted by Crippen LogP contribution is -2.33. The predicted octanol–water partition coefficient (Wildman–Crippen LogP) is 6.50. The predicted molar refractivity (Wildman–Crippen MR) is 114 cm³/mol. The third kappa shape index (κ3) is 6.62. The fraction of sp³-hybridized carbons (Fsp3) is 0.522. The number of allylic oxidation sites excluding steroid dienone is 1. The standard InChI is InChI=1S/C23H33F3N2/c1-8-21(23(25,26)16(3)4)28-18(6)19-10-11-20(17(5)14-19)15-27-13-12-22(7,24)9-2/h8,10-11,14,16,27H,1,6,9,12-13,15H2,2-5,7H3. The first-order valence-corrected chi connectivity index (χ1v) is 9.72. The number of nitrogens with zero attached hydrogens (tertiary/aromatic N) is 1. The summed E-state index contributed by atoms with van der Waals surface area (Å²) >= 11 is 0. The summed E-state index contributed by atoms with van der Waals surface area (Å²) in [5.74, 6) is -3.95. The van der Waals surface area contributed by atoms with Gasteiger partial charge in [-0.15, -0.1) is 0 Å². The van der Waals surface area contributed by atoms with Gasteiger partial charge in [0.2, 0.25) is 0 Å². The number of hydrogen-bond acceptors (Lipinski definition) is 2. The van der Waals surface area contributed by atoms with Crippen molar-refractivity contribution in [2.45, 2.75) is 65.6 Å². The fourth-order valence-corrected chi connectivity index (χ4v) is 2.58. The van der Waals surface area contributed by atoms with E-state index < -0.39 is 17.5 Å². The first-order chi connectivity index (χ1) is 12.9. The van der Waals surface area contributed by atoms with Crippen LogP contribution in [0.25, 0.3) is 5.70 Å². The van der Waals surface area contributed by atoms with Crippen molar-refractivity contribution in [3.63, 3.8) is 0 Å². The van der Waals surface area contributed by atoms with Gasteiger partial charge in [0, 0.05) is 12.5 Å². The molecule has 1 aromatic carbocycles. The van der Waals surface area contributed by atoms with E-state index in [2.05, 4.69) is 23.5 Å². The SMILES string of the molecule is C=CC(=NC(=C)c1ccc(CNCCC(C)(F)CC)c(C)c1)C(F)(F)C(C)C. The summed E-state index contributed by atoms with van der Waals surface area (Å²) in [5, 5.41) is 3.25. The van der Waals surface area contributed by atoms with E-state index in [0.29, 0.717) is 31.5 Å². The highest BCUT2D eigenvalue weighted by Gasteiger charge is 2.38. The van der Waals surface area contributed by atoms with E-state index in [1.54, 1.807) is 6.92 Å². The van der Waals surface area contributed by atoms with Crippen LogP contribution in [-0.4, -0.2) is 23.8 Å². The zero-order chi connectivity index (χ0) is 21.5. The molecule has 0 heterocycles. The Labute approximate surface area is 167 Å². The maximum absolute atomic E-state index is 14.2. The molecule has 0 spiro atoms. The summed E-state index contributed by atoms with van der Waals surface area (Å²) in [6, 6.07) is 5.61. The molecule has 1 N–H and O–H groups in total. The lowest BCUT2D eigenvalue weighted by molar-refractivity contribution is 0.0292. The summed E-state index contributed by atoms with van der Waals surface area (Å²) < 4.78 is 42.4. The zero-order valence-corrected chi connectivity index (χ0v) is 17.7. The Bertz CT molecular complexity index is 719. The zero-order valence-electron chi connectivity index (χ0n) is 17.7. The van der Waals surface area contributed by atoms with Gasteiger partial charge in [0.1, 0.15) is 11.4 Å². The van der Waals surface area contributed by atoms with Gasteiger partial charge in [-0.2, -0.15) is 8.78 Å². The van der Waals surface area contributed by atoms with Crippen molar-refractivity contribution >= 4 is 11.4 Å². The number of nitrogens with one attached hydrogen (secondary N) is 1.